The topological polar surface area (TPSA) is 63.4 Å². The third kappa shape index (κ3) is 4.46. The number of rotatable bonds is 7. The van der Waals surface area contributed by atoms with Crippen molar-refractivity contribution in [3.8, 4) is 17.0 Å². The van der Waals surface area contributed by atoms with Gasteiger partial charge in [0.25, 0.3) is 0 Å². The van der Waals surface area contributed by atoms with Crippen molar-refractivity contribution in [1.82, 2.24) is 9.88 Å². The molecule has 148 valence electrons. The van der Waals surface area contributed by atoms with Crippen LogP contribution < -0.4 is 15.8 Å². The van der Waals surface area contributed by atoms with Crippen LogP contribution in [0, 0.1) is 0 Å². The highest BCUT2D eigenvalue weighted by Crippen LogP contribution is 2.32. The second kappa shape index (κ2) is 8.90. The van der Waals surface area contributed by atoms with Gasteiger partial charge >= 0.3 is 0 Å². The van der Waals surface area contributed by atoms with E-state index in [9.17, 15) is 0 Å². The number of piperidine rings is 1. The summed E-state index contributed by atoms with van der Waals surface area (Å²) in [7, 11) is 1.69. The van der Waals surface area contributed by atoms with Crippen LogP contribution in [-0.2, 0) is 0 Å². The molecular formula is C22H28N4OS. The van der Waals surface area contributed by atoms with Gasteiger partial charge in [-0.1, -0.05) is 0 Å². The van der Waals surface area contributed by atoms with Crippen LogP contribution >= 0.6 is 11.3 Å². The number of ether oxygens (including phenoxy) is 1. The molecule has 1 saturated heterocycles. The van der Waals surface area contributed by atoms with Gasteiger partial charge < -0.3 is 20.7 Å². The monoisotopic (exact) mass is 396 g/mol. The number of likely N-dealkylation sites (tertiary alicyclic amines) is 1. The van der Waals surface area contributed by atoms with Crippen LogP contribution in [0.25, 0.3) is 21.5 Å². The quantitative estimate of drug-likeness (QED) is 0.586. The maximum Gasteiger partial charge on any atom is 0.118 e. The zero-order valence-electron chi connectivity index (χ0n) is 16.4. The van der Waals surface area contributed by atoms with E-state index in [2.05, 4.69) is 39.9 Å². The Kier molecular flexibility index (Phi) is 6.10. The molecule has 1 fully saturated rings. The highest BCUT2D eigenvalue weighted by Gasteiger charge is 2.15. The average molecular weight is 397 g/mol. The van der Waals surface area contributed by atoms with Crippen molar-refractivity contribution in [3.05, 3.63) is 41.8 Å². The number of nitrogens with zero attached hydrogens (tertiary/aromatic N) is 2. The van der Waals surface area contributed by atoms with Crippen molar-refractivity contribution < 1.29 is 4.74 Å². The van der Waals surface area contributed by atoms with E-state index >= 15 is 0 Å². The molecule has 28 heavy (non-hydrogen) atoms. The van der Waals surface area contributed by atoms with Gasteiger partial charge in [0.15, 0.2) is 0 Å². The first-order valence-corrected chi connectivity index (χ1v) is 10.9. The van der Waals surface area contributed by atoms with Crippen LogP contribution in [0.15, 0.2) is 41.8 Å². The molecule has 0 bridgehead atoms. The van der Waals surface area contributed by atoms with Crippen molar-refractivity contribution in [2.24, 2.45) is 5.73 Å². The van der Waals surface area contributed by atoms with Crippen LogP contribution in [0.3, 0.4) is 0 Å². The lowest BCUT2D eigenvalue weighted by atomic mass is 10.1. The third-order valence-electron chi connectivity index (χ3n) is 5.40. The SMILES string of the molecule is COc1ccc(-c2cc(NCCCN3CCC(N)CC3)c3sccc3n2)cc1. The zero-order chi connectivity index (χ0) is 19.3. The van der Waals surface area contributed by atoms with Gasteiger partial charge in [-0.25, -0.2) is 4.98 Å². The Hall–Kier alpha value is -2.15. The Bertz CT molecular complexity index is 901. The van der Waals surface area contributed by atoms with Crippen LogP contribution in [0.5, 0.6) is 5.75 Å². The summed E-state index contributed by atoms with van der Waals surface area (Å²) >= 11 is 1.74. The molecule has 0 atom stereocenters. The summed E-state index contributed by atoms with van der Waals surface area (Å²) in [6, 6.07) is 12.7. The summed E-state index contributed by atoms with van der Waals surface area (Å²) in [6.45, 7) is 4.35. The van der Waals surface area contributed by atoms with Crippen molar-refractivity contribution in [2.75, 3.05) is 38.6 Å². The molecule has 2 aromatic heterocycles. The normalized spacial score (nSPS) is 15.8. The van der Waals surface area contributed by atoms with Gasteiger partial charge in [0, 0.05) is 18.2 Å². The number of anilines is 1. The molecule has 0 amide bonds. The summed E-state index contributed by atoms with van der Waals surface area (Å²) in [5.74, 6) is 0.859. The summed E-state index contributed by atoms with van der Waals surface area (Å²) in [5.41, 5.74) is 10.3. The third-order valence-corrected chi connectivity index (χ3v) is 6.33. The first-order chi connectivity index (χ1) is 13.7. The maximum absolute atomic E-state index is 6.00. The molecule has 3 N–H and O–H groups in total. The lowest BCUT2D eigenvalue weighted by molar-refractivity contribution is 0.213. The minimum Gasteiger partial charge on any atom is -0.497 e. The number of aromatic nitrogens is 1. The molecule has 0 radical (unpaired) electrons. The van der Waals surface area contributed by atoms with E-state index in [1.54, 1.807) is 18.4 Å². The first-order valence-electron chi connectivity index (χ1n) is 9.97. The fraction of sp³-hybridized carbons (Fsp3) is 0.409. The maximum atomic E-state index is 6.00. The number of benzene rings is 1. The summed E-state index contributed by atoms with van der Waals surface area (Å²) in [6.07, 6.45) is 3.37. The van der Waals surface area contributed by atoms with Crippen molar-refractivity contribution in [3.63, 3.8) is 0 Å². The number of hydrogen-bond donors (Lipinski definition) is 2. The number of hydrogen-bond acceptors (Lipinski definition) is 6. The zero-order valence-corrected chi connectivity index (χ0v) is 17.2. The number of methoxy groups -OCH3 is 1. The average Bonchev–Trinajstić information content (AvgIpc) is 3.21. The van der Waals surface area contributed by atoms with Gasteiger partial charge in [0.1, 0.15) is 5.75 Å². The molecule has 3 heterocycles. The van der Waals surface area contributed by atoms with Crippen molar-refractivity contribution >= 4 is 27.2 Å². The van der Waals surface area contributed by atoms with Gasteiger partial charge in [-0.3, -0.25) is 0 Å². The molecule has 0 spiro atoms. The second-order valence-corrected chi connectivity index (χ2v) is 8.29. The number of nitrogens with one attached hydrogen (secondary N) is 1. The first kappa shape index (κ1) is 19.2. The number of thiophene rings is 1. The molecule has 3 aromatic rings. The molecule has 1 aromatic carbocycles. The molecule has 4 rings (SSSR count). The fourth-order valence-corrected chi connectivity index (χ4v) is 4.53. The van der Waals surface area contributed by atoms with Crippen LogP contribution in [0.4, 0.5) is 5.69 Å². The molecule has 1 aliphatic rings. The lowest BCUT2D eigenvalue weighted by Gasteiger charge is -2.30. The molecule has 5 nitrogen and oxygen atoms in total. The van der Waals surface area contributed by atoms with Gasteiger partial charge in [0.2, 0.25) is 0 Å². The second-order valence-electron chi connectivity index (χ2n) is 7.38. The highest BCUT2D eigenvalue weighted by molar-refractivity contribution is 7.17. The largest absolute Gasteiger partial charge is 0.497 e. The highest BCUT2D eigenvalue weighted by atomic mass is 32.1. The Morgan fingerprint density at radius 1 is 1.21 bits per heavy atom. The van der Waals surface area contributed by atoms with Crippen molar-refractivity contribution in [2.45, 2.75) is 25.3 Å². The van der Waals surface area contributed by atoms with E-state index in [4.69, 9.17) is 15.5 Å². The van der Waals surface area contributed by atoms with Crippen LogP contribution in [0.1, 0.15) is 19.3 Å². The van der Waals surface area contributed by atoms with E-state index in [1.807, 2.05) is 12.1 Å². The van der Waals surface area contributed by atoms with Crippen LogP contribution in [0.2, 0.25) is 0 Å². The molecule has 1 aliphatic heterocycles. The lowest BCUT2D eigenvalue weighted by Crippen LogP contribution is -2.40. The van der Waals surface area contributed by atoms with Crippen molar-refractivity contribution in [1.29, 1.82) is 0 Å². The summed E-state index contributed by atoms with van der Waals surface area (Å²) < 4.78 is 6.49. The Morgan fingerprint density at radius 3 is 2.75 bits per heavy atom. The molecule has 0 saturated carbocycles. The number of nitrogens with two attached hydrogens (primary N) is 1. The molecular weight excluding hydrogens is 368 g/mol. The van der Waals surface area contributed by atoms with Crippen LogP contribution in [-0.4, -0.2) is 49.2 Å². The summed E-state index contributed by atoms with van der Waals surface area (Å²) in [4.78, 5) is 7.37. The van der Waals surface area contributed by atoms with Gasteiger partial charge in [-0.15, -0.1) is 11.3 Å². The predicted molar refractivity (Wildman–Crippen MR) is 118 cm³/mol. The van der Waals surface area contributed by atoms with E-state index in [0.717, 1.165) is 68.0 Å². The number of fused-ring (bicyclic) bond motifs is 1. The van der Waals surface area contributed by atoms with Gasteiger partial charge in [0.05, 0.1) is 28.7 Å². The van der Waals surface area contributed by atoms with E-state index in [1.165, 1.54) is 10.4 Å². The minimum atomic E-state index is 0.398. The molecule has 0 unspecified atom stereocenters. The van der Waals surface area contributed by atoms with Gasteiger partial charge in [-0.05, 0) is 80.7 Å². The smallest absolute Gasteiger partial charge is 0.118 e. The van der Waals surface area contributed by atoms with E-state index in [0.29, 0.717) is 6.04 Å². The van der Waals surface area contributed by atoms with E-state index in [-0.39, 0.29) is 0 Å². The Balaban J connectivity index is 1.43. The molecule has 0 aliphatic carbocycles. The minimum absolute atomic E-state index is 0.398. The molecule has 6 heteroatoms. The Morgan fingerprint density at radius 2 is 2.00 bits per heavy atom. The van der Waals surface area contributed by atoms with E-state index < -0.39 is 0 Å². The number of pyridine rings is 1. The summed E-state index contributed by atoms with van der Waals surface area (Å²) in [5, 5.41) is 5.76. The predicted octanol–water partition coefficient (Wildman–Crippen LogP) is 4.20. The Labute approximate surface area is 170 Å². The fourth-order valence-electron chi connectivity index (χ4n) is 3.70. The van der Waals surface area contributed by atoms with Gasteiger partial charge in [-0.2, -0.15) is 0 Å². The standard InChI is InChI=1S/C22H28N4OS/c1-27-18-5-3-16(4-6-18)20-15-21(22-19(25-20)9-14-28-22)24-10-2-11-26-12-7-17(23)8-13-26/h3-6,9,14-15,17H,2,7-8,10-13,23H2,1H3,(H,24,25).